The lowest BCUT2D eigenvalue weighted by atomic mass is 9.86. The molecule has 4 heteroatoms. The molecule has 2 nitrogen and oxygen atoms in total. The highest BCUT2D eigenvalue weighted by Crippen LogP contribution is 2.29. The van der Waals surface area contributed by atoms with Crippen molar-refractivity contribution in [3.8, 4) is 11.3 Å². The van der Waals surface area contributed by atoms with E-state index in [4.69, 9.17) is 10.7 Å². The SMILES string of the molecule is CC(C)(CCN)Cc1nc(-c2ccc(Br)cc2)cs1. The molecule has 0 saturated carbocycles. The van der Waals surface area contributed by atoms with Crippen molar-refractivity contribution in [3.63, 3.8) is 0 Å². The lowest BCUT2D eigenvalue weighted by Gasteiger charge is -2.22. The zero-order valence-corrected chi connectivity index (χ0v) is 13.7. The molecular weight excluding hydrogens is 320 g/mol. The smallest absolute Gasteiger partial charge is 0.0937 e. The zero-order chi connectivity index (χ0) is 13.9. The first-order valence-corrected chi connectivity index (χ1v) is 8.08. The summed E-state index contributed by atoms with van der Waals surface area (Å²) in [6, 6.07) is 8.28. The Balaban J connectivity index is 2.13. The van der Waals surface area contributed by atoms with Crippen molar-refractivity contribution in [1.29, 1.82) is 0 Å². The molecule has 1 aromatic carbocycles. The van der Waals surface area contributed by atoms with Crippen LogP contribution in [0.2, 0.25) is 0 Å². The molecule has 0 spiro atoms. The van der Waals surface area contributed by atoms with Crippen LogP contribution in [0.15, 0.2) is 34.1 Å². The summed E-state index contributed by atoms with van der Waals surface area (Å²) >= 11 is 5.19. The summed E-state index contributed by atoms with van der Waals surface area (Å²) in [4.78, 5) is 4.74. The third-order valence-electron chi connectivity index (χ3n) is 3.14. The normalized spacial score (nSPS) is 11.8. The number of halogens is 1. The number of nitrogens with zero attached hydrogens (tertiary/aromatic N) is 1. The Kier molecular flexibility index (Phi) is 4.76. The van der Waals surface area contributed by atoms with Crippen molar-refractivity contribution in [1.82, 2.24) is 4.98 Å². The van der Waals surface area contributed by atoms with Gasteiger partial charge < -0.3 is 5.73 Å². The maximum Gasteiger partial charge on any atom is 0.0937 e. The van der Waals surface area contributed by atoms with E-state index in [1.165, 1.54) is 10.6 Å². The van der Waals surface area contributed by atoms with Gasteiger partial charge in [0.15, 0.2) is 0 Å². The number of aromatic nitrogens is 1. The van der Waals surface area contributed by atoms with Crippen molar-refractivity contribution in [3.05, 3.63) is 39.1 Å². The Bertz CT molecular complexity index is 531. The molecule has 1 heterocycles. The van der Waals surface area contributed by atoms with Crippen LogP contribution >= 0.6 is 27.3 Å². The largest absolute Gasteiger partial charge is 0.330 e. The van der Waals surface area contributed by atoms with Crippen LogP contribution in [-0.2, 0) is 6.42 Å². The van der Waals surface area contributed by atoms with Crippen LogP contribution in [0.4, 0.5) is 0 Å². The van der Waals surface area contributed by atoms with Crippen LogP contribution in [0.25, 0.3) is 11.3 Å². The van der Waals surface area contributed by atoms with Gasteiger partial charge in [0.25, 0.3) is 0 Å². The Morgan fingerprint density at radius 1 is 1.26 bits per heavy atom. The molecule has 2 N–H and O–H groups in total. The molecule has 0 aliphatic rings. The molecule has 0 amide bonds. The number of hydrogen-bond donors (Lipinski definition) is 1. The van der Waals surface area contributed by atoms with Gasteiger partial charge in [-0.3, -0.25) is 0 Å². The zero-order valence-electron chi connectivity index (χ0n) is 11.3. The van der Waals surface area contributed by atoms with E-state index in [0.717, 1.165) is 29.6 Å². The van der Waals surface area contributed by atoms with Crippen LogP contribution in [0, 0.1) is 5.41 Å². The maximum atomic E-state index is 5.66. The number of thiazole rings is 1. The topological polar surface area (TPSA) is 38.9 Å². The minimum atomic E-state index is 0.226. The van der Waals surface area contributed by atoms with Gasteiger partial charge in [0.05, 0.1) is 10.7 Å². The second-order valence-electron chi connectivity index (χ2n) is 5.51. The molecule has 0 unspecified atom stereocenters. The predicted molar refractivity (Wildman–Crippen MR) is 86.4 cm³/mol. The second kappa shape index (κ2) is 6.16. The van der Waals surface area contributed by atoms with E-state index in [1.807, 2.05) is 12.1 Å². The summed E-state index contributed by atoms with van der Waals surface area (Å²) in [6.45, 7) is 5.24. The van der Waals surface area contributed by atoms with Crippen LogP contribution in [0.3, 0.4) is 0 Å². The summed E-state index contributed by atoms with van der Waals surface area (Å²) in [5.74, 6) is 0. The van der Waals surface area contributed by atoms with Crippen molar-refractivity contribution in [2.75, 3.05) is 6.54 Å². The third kappa shape index (κ3) is 4.13. The predicted octanol–water partition coefficient (Wildman–Crippen LogP) is 4.49. The molecule has 0 bridgehead atoms. The Hall–Kier alpha value is -0.710. The molecule has 19 heavy (non-hydrogen) atoms. The molecule has 102 valence electrons. The quantitative estimate of drug-likeness (QED) is 0.872. The molecular formula is C15H19BrN2S. The van der Waals surface area contributed by atoms with Crippen LogP contribution in [0.1, 0.15) is 25.3 Å². The van der Waals surface area contributed by atoms with Gasteiger partial charge in [0.1, 0.15) is 0 Å². The molecule has 0 atom stereocenters. The fourth-order valence-corrected chi connectivity index (χ4v) is 3.36. The van der Waals surface area contributed by atoms with Crippen molar-refractivity contribution in [2.45, 2.75) is 26.7 Å². The maximum absolute atomic E-state index is 5.66. The monoisotopic (exact) mass is 338 g/mol. The Morgan fingerprint density at radius 2 is 1.95 bits per heavy atom. The summed E-state index contributed by atoms with van der Waals surface area (Å²) in [6.07, 6.45) is 2.02. The van der Waals surface area contributed by atoms with Gasteiger partial charge in [-0.2, -0.15) is 0 Å². The first-order valence-electron chi connectivity index (χ1n) is 6.40. The average Bonchev–Trinajstić information content (AvgIpc) is 2.77. The first-order chi connectivity index (χ1) is 9.00. The molecule has 2 aromatic rings. The lowest BCUT2D eigenvalue weighted by Crippen LogP contribution is -2.19. The van der Waals surface area contributed by atoms with Gasteiger partial charge in [-0.05, 0) is 30.5 Å². The minimum Gasteiger partial charge on any atom is -0.330 e. The van der Waals surface area contributed by atoms with Crippen LogP contribution in [0.5, 0.6) is 0 Å². The highest BCUT2D eigenvalue weighted by molar-refractivity contribution is 9.10. The molecule has 0 aliphatic heterocycles. The molecule has 0 aliphatic carbocycles. The van der Waals surface area contributed by atoms with E-state index in [2.05, 4.69) is 47.3 Å². The highest BCUT2D eigenvalue weighted by atomic mass is 79.9. The van der Waals surface area contributed by atoms with Crippen molar-refractivity contribution >= 4 is 27.3 Å². The van der Waals surface area contributed by atoms with Crippen LogP contribution < -0.4 is 5.73 Å². The van der Waals surface area contributed by atoms with E-state index in [1.54, 1.807) is 11.3 Å². The van der Waals surface area contributed by atoms with Gasteiger partial charge in [0.2, 0.25) is 0 Å². The second-order valence-corrected chi connectivity index (χ2v) is 7.37. The van der Waals surface area contributed by atoms with E-state index < -0.39 is 0 Å². The molecule has 0 saturated heterocycles. The van der Waals surface area contributed by atoms with Crippen molar-refractivity contribution in [2.24, 2.45) is 11.1 Å². The number of hydrogen-bond acceptors (Lipinski definition) is 3. The Morgan fingerprint density at radius 3 is 2.58 bits per heavy atom. The first kappa shape index (κ1) is 14.7. The summed E-state index contributed by atoms with van der Waals surface area (Å²) in [5, 5.41) is 3.33. The Labute approximate surface area is 127 Å². The number of rotatable bonds is 5. The third-order valence-corrected chi connectivity index (χ3v) is 4.52. The average molecular weight is 339 g/mol. The molecule has 2 rings (SSSR count). The highest BCUT2D eigenvalue weighted by Gasteiger charge is 2.19. The van der Waals surface area contributed by atoms with E-state index in [0.29, 0.717) is 0 Å². The van der Waals surface area contributed by atoms with Crippen molar-refractivity contribution < 1.29 is 0 Å². The lowest BCUT2D eigenvalue weighted by molar-refractivity contribution is 0.338. The van der Waals surface area contributed by atoms with E-state index in [9.17, 15) is 0 Å². The van der Waals surface area contributed by atoms with Gasteiger partial charge in [0, 0.05) is 21.8 Å². The summed E-state index contributed by atoms with van der Waals surface area (Å²) < 4.78 is 1.09. The molecule has 0 fully saturated rings. The summed E-state index contributed by atoms with van der Waals surface area (Å²) in [7, 11) is 0. The fraction of sp³-hybridized carbons (Fsp3) is 0.400. The fourth-order valence-electron chi connectivity index (χ4n) is 2.03. The minimum absolute atomic E-state index is 0.226. The van der Waals surface area contributed by atoms with Crippen LogP contribution in [-0.4, -0.2) is 11.5 Å². The van der Waals surface area contributed by atoms with E-state index in [-0.39, 0.29) is 5.41 Å². The molecule has 0 radical (unpaired) electrons. The molecule has 1 aromatic heterocycles. The standard InChI is InChI=1S/C15H19BrN2S/c1-15(2,7-8-17)9-14-18-13(10-19-14)11-3-5-12(16)6-4-11/h3-6,10H,7-9,17H2,1-2H3. The van der Waals surface area contributed by atoms with Gasteiger partial charge in [-0.1, -0.05) is 41.9 Å². The van der Waals surface area contributed by atoms with Gasteiger partial charge in [-0.25, -0.2) is 4.98 Å². The van der Waals surface area contributed by atoms with E-state index >= 15 is 0 Å². The van der Waals surface area contributed by atoms with Gasteiger partial charge in [-0.15, -0.1) is 11.3 Å². The number of nitrogens with two attached hydrogens (primary N) is 1. The number of benzene rings is 1. The van der Waals surface area contributed by atoms with Gasteiger partial charge >= 0.3 is 0 Å². The summed E-state index contributed by atoms with van der Waals surface area (Å²) in [5.41, 5.74) is 8.12.